The lowest BCUT2D eigenvalue weighted by atomic mass is 9.63. The molecule has 1 aromatic heterocycles. The Kier molecular flexibility index (Phi) is 3.73. The summed E-state index contributed by atoms with van der Waals surface area (Å²) in [5.74, 6) is 0. The van der Waals surface area contributed by atoms with Crippen molar-refractivity contribution in [3.8, 4) is 11.1 Å². The molecule has 1 aliphatic carbocycles. The van der Waals surface area contributed by atoms with Crippen LogP contribution in [0.2, 0.25) is 0 Å². The van der Waals surface area contributed by atoms with Gasteiger partial charge in [0.2, 0.25) is 0 Å². The molecule has 3 aromatic rings. The highest BCUT2D eigenvalue weighted by Gasteiger charge is 2.37. The molecule has 0 fully saturated rings. The van der Waals surface area contributed by atoms with Crippen molar-refractivity contribution in [3.05, 3.63) is 59.9 Å². The van der Waals surface area contributed by atoms with E-state index in [0.29, 0.717) is 0 Å². The molecule has 128 valence electrons. The molecule has 2 heteroatoms. The molecule has 0 saturated heterocycles. The standard InChI is InChI=1S/C23H25NS/c1-22(2)8-9-23(3,4)20-13-21(25)18(12-19(20)22)16-6-5-15-7-10-24-14-17(15)11-16/h5-7,10-14,25H,8-9H2,1-4H3. The minimum Gasteiger partial charge on any atom is -0.264 e. The number of aromatic nitrogens is 1. The Hall–Kier alpha value is -1.80. The van der Waals surface area contributed by atoms with Crippen molar-refractivity contribution in [2.24, 2.45) is 0 Å². The van der Waals surface area contributed by atoms with Crippen molar-refractivity contribution in [1.82, 2.24) is 4.98 Å². The van der Waals surface area contributed by atoms with E-state index >= 15 is 0 Å². The van der Waals surface area contributed by atoms with Crippen LogP contribution in [0, 0.1) is 0 Å². The van der Waals surface area contributed by atoms with E-state index in [-0.39, 0.29) is 10.8 Å². The lowest BCUT2D eigenvalue weighted by Crippen LogP contribution is -2.33. The van der Waals surface area contributed by atoms with Gasteiger partial charge in [-0.3, -0.25) is 4.98 Å². The van der Waals surface area contributed by atoms with Crippen molar-refractivity contribution in [2.75, 3.05) is 0 Å². The number of hydrogen-bond acceptors (Lipinski definition) is 2. The number of fused-ring (bicyclic) bond motifs is 2. The summed E-state index contributed by atoms with van der Waals surface area (Å²) in [6.45, 7) is 9.45. The van der Waals surface area contributed by atoms with Crippen LogP contribution in [0.15, 0.2) is 53.7 Å². The largest absolute Gasteiger partial charge is 0.264 e. The number of benzene rings is 2. The van der Waals surface area contributed by atoms with E-state index in [4.69, 9.17) is 12.6 Å². The van der Waals surface area contributed by atoms with Gasteiger partial charge >= 0.3 is 0 Å². The SMILES string of the molecule is CC1(C)CCC(C)(C)c2cc(-c3ccc4ccncc4c3)c(S)cc21. The van der Waals surface area contributed by atoms with Crippen LogP contribution in [0.1, 0.15) is 51.7 Å². The van der Waals surface area contributed by atoms with Crippen LogP contribution < -0.4 is 0 Å². The smallest absolute Gasteiger partial charge is 0.0346 e. The molecule has 0 saturated carbocycles. The molecule has 1 nitrogen and oxygen atoms in total. The highest BCUT2D eigenvalue weighted by Crippen LogP contribution is 2.48. The fourth-order valence-corrected chi connectivity index (χ4v) is 4.41. The molecule has 1 heterocycles. The third kappa shape index (κ3) is 2.77. The molecule has 4 rings (SSSR count). The molecule has 0 radical (unpaired) electrons. The van der Waals surface area contributed by atoms with Crippen molar-refractivity contribution in [3.63, 3.8) is 0 Å². The molecule has 0 atom stereocenters. The maximum Gasteiger partial charge on any atom is 0.0346 e. The lowest BCUT2D eigenvalue weighted by Gasteiger charge is -2.42. The Morgan fingerprint density at radius 2 is 1.52 bits per heavy atom. The van der Waals surface area contributed by atoms with E-state index in [1.165, 1.54) is 45.9 Å². The maximum absolute atomic E-state index is 4.86. The summed E-state index contributed by atoms with van der Waals surface area (Å²) in [6, 6.07) is 13.3. The summed E-state index contributed by atoms with van der Waals surface area (Å²) in [7, 11) is 0. The van der Waals surface area contributed by atoms with Crippen LogP contribution >= 0.6 is 12.6 Å². The second-order valence-corrected chi connectivity index (χ2v) is 9.10. The number of thiol groups is 1. The van der Waals surface area contributed by atoms with Crippen molar-refractivity contribution >= 4 is 23.4 Å². The predicted octanol–water partition coefficient (Wildman–Crippen LogP) is 6.54. The van der Waals surface area contributed by atoms with E-state index in [1.807, 2.05) is 12.4 Å². The van der Waals surface area contributed by atoms with Crippen molar-refractivity contribution in [1.29, 1.82) is 0 Å². The minimum atomic E-state index is 0.208. The number of nitrogens with zero attached hydrogens (tertiary/aromatic N) is 1. The Labute approximate surface area is 155 Å². The zero-order chi connectivity index (χ0) is 17.8. The first kappa shape index (κ1) is 16.7. The predicted molar refractivity (Wildman–Crippen MR) is 110 cm³/mol. The van der Waals surface area contributed by atoms with Gasteiger partial charge in [-0.15, -0.1) is 12.6 Å². The van der Waals surface area contributed by atoms with Crippen LogP contribution in [0.3, 0.4) is 0 Å². The summed E-state index contributed by atoms with van der Waals surface area (Å²) >= 11 is 4.86. The van der Waals surface area contributed by atoms with Gasteiger partial charge in [0.25, 0.3) is 0 Å². The van der Waals surface area contributed by atoms with Gasteiger partial charge < -0.3 is 0 Å². The zero-order valence-corrected chi connectivity index (χ0v) is 16.3. The second-order valence-electron chi connectivity index (χ2n) is 8.62. The zero-order valence-electron chi connectivity index (χ0n) is 15.4. The molecule has 0 aliphatic heterocycles. The van der Waals surface area contributed by atoms with Gasteiger partial charge in [-0.25, -0.2) is 0 Å². The number of pyridine rings is 1. The summed E-state index contributed by atoms with van der Waals surface area (Å²) in [5.41, 5.74) is 5.79. The van der Waals surface area contributed by atoms with Crippen LogP contribution in [0.4, 0.5) is 0 Å². The van der Waals surface area contributed by atoms with Crippen LogP contribution in [-0.4, -0.2) is 4.98 Å². The fourth-order valence-electron chi connectivity index (χ4n) is 4.09. The first-order valence-electron chi connectivity index (χ1n) is 9.00. The topological polar surface area (TPSA) is 12.9 Å². The molecule has 1 aliphatic rings. The first-order valence-corrected chi connectivity index (χ1v) is 9.45. The Morgan fingerprint density at radius 3 is 2.24 bits per heavy atom. The van der Waals surface area contributed by atoms with Gasteiger partial charge in [0.1, 0.15) is 0 Å². The third-order valence-corrected chi connectivity index (χ3v) is 6.29. The fraction of sp³-hybridized carbons (Fsp3) is 0.348. The summed E-state index contributed by atoms with van der Waals surface area (Å²) in [5, 5.41) is 2.39. The molecular weight excluding hydrogens is 322 g/mol. The molecule has 25 heavy (non-hydrogen) atoms. The highest BCUT2D eigenvalue weighted by molar-refractivity contribution is 7.80. The molecule has 0 unspecified atom stereocenters. The second kappa shape index (κ2) is 5.60. The van der Waals surface area contributed by atoms with E-state index < -0.39 is 0 Å². The average Bonchev–Trinajstić information content (AvgIpc) is 2.58. The van der Waals surface area contributed by atoms with Crippen LogP contribution in [0.5, 0.6) is 0 Å². The average molecular weight is 348 g/mol. The third-order valence-electron chi connectivity index (χ3n) is 5.92. The lowest BCUT2D eigenvalue weighted by molar-refractivity contribution is 0.331. The number of hydrogen-bond donors (Lipinski definition) is 1. The molecule has 0 N–H and O–H groups in total. The van der Waals surface area contributed by atoms with Gasteiger partial charge in [-0.05, 0) is 75.6 Å². The van der Waals surface area contributed by atoms with Crippen molar-refractivity contribution in [2.45, 2.75) is 56.3 Å². The molecule has 2 aromatic carbocycles. The summed E-state index contributed by atoms with van der Waals surface area (Å²) in [6.07, 6.45) is 6.22. The van der Waals surface area contributed by atoms with Gasteiger partial charge in [-0.2, -0.15) is 0 Å². The Balaban J connectivity index is 1.93. The van der Waals surface area contributed by atoms with Crippen LogP contribution in [-0.2, 0) is 10.8 Å². The summed E-state index contributed by atoms with van der Waals surface area (Å²) in [4.78, 5) is 5.33. The van der Waals surface area contributed by atoms with Gasteiger partial charge in [0, 0.05) is 22.7 Å². The minimum absolute atomic E-state index is 0.208. The number of rotatable bonds is 1. The normalized spacial score (nSPS) is 18.1. The van der Waals surface area contributed by atoms with Crippen LogP contribution in [0.25, 0.3) is 21.9 Å². The van der Waals surface area contributed by atoms with E-state index in [2.05, 4.69) is 69.1 Å². The quantitative estimate of drug-likeness (QED) is 0.493. The van der Waals surface area contributed by atoms with Gasteiger partial charge in [-0.1, -0.05) is 39.8 Å². The van der Waals surface area contributed by atoms with Gasteiger partial charge in [0.15, 0.2) is 0 Å². The molecule has 0 spiro atoms. The summed E-state index contributed by atoms with van der Waals surface area (Å²) < 4.78 is 0. The maximum atomic E-state index is 4.86. The van der Waals surface area contributed by atoms with Gasteiger partial charge in [0.05, 0.1) is 0 Å². The molecule has 0 bridgehead atoms. The van der Waals surface area contributed by atoms with Crippen molar-refractivity contribution < 1.29 is 0 Å². The molecule has 0 amide bonds. The van der Waals surface area contributed by atoms with E-state index in [0.717, 1.165) is 4.90 Å². The van der Waals surface area contributed by atoms with E-state index in [1.54, 1.807) is 0 Å². The monoisotopic (exact) mass is 347 g/mol. The Morgan fingerprint density at radius 1 is 0.840 bits per heavy atom. The van der Waals surface area contributed by atoms with E-state index in [9.17, 15) is 0 Å². The highest BCUT2D eigenvalue weighted by atomic mass is 32.1. The Bertz CT molecular complexity index is 969. The first-order chi connectivity index (χ1) is 11.8. The molecular formula is C23H25NS.